The van der Waals surface area contributed by atoms with Crippen molar-refractivity contribution in [2.75, 3.05) is 13.1 Å². The lowest BCUT2D eigenvalue weighted by atomic mass is 10.7. The third-order valence-electron chi connectivity index (χ3n) is 1.09. The Morgan fingerprint density at radius 1 is 1.43 bits per heavy atom. The predicted molar refractivity (Wildman–Crippen MR) is 40.5 cm³/mol. The van der Waals surface area contributed by atoms with Crippen LogP contribution >= 0.6 is 12.1 Å². The maximum Gasteiger partial charge on any atom is 0.154 e. The molecule has 0 radical (unpaired) electrons. The molecule has 1 nitrogen and oxygen atoms in total. The van der Waals surface area contributed by atoms with Gasteiger partial charge in [-0.25, -0.2) is 0 Å². The first kappa shape index (κ1) is 7.53. The van der Waals surface area contributed by atoms with Crippen LogP contribution in [0.1, 0.15) is 13.8 Å². The highest BCUT2D eigenvalue weighted by atomic mass is 32.3. The number of nitrogens with zero attached hydrogens (tertiary/aromatic N) is 1. The average Bonchev–Trinajstić information content (AvgIpc) is 1.72. The van der Waals surface area contributed by atoms with E-state index in [-0.39, 0.29) is 8.83 Å². The molecule has 0 fully saturated rings. The van der Waals surface area contributed by atoms with E-state index in [1.54, 1.807) is 0 Å². The summed E-state index contributed by atoms with van der Waals surface area (Å²) in [5, 5.41) is 0. The molecular formula is C4H13NSSi. The molecule has 0 aliphatic carbocycles. The fourth-order valence-electron chi connectivity index (χ4n) is 0.424. The molecule has 0 saturated carbocycles. The lowest BCUT2D eigenvalue weighted by molar-refractivity contribution is 0.502. The van der Waals surface area contributed by atoms with Gasteiger partial charge in [-0.05, 0) is 13.1 Å². The SMILES string of the molecule is CCN(CC)[SiH2]S. The maximum absolute atomic E-state index is 4.24. The molecule has 0 heterocycles. The minimum atomic E-state index is -0.144. The Kier molecular flexibility index (Phi) is 5.03. The fourth-order valence-corrected chi connectivity index (χ4v) is 2.02. The van der Waals surface area contributed by atoms with Crippen LogP contribution in [0.25, 0.3) is 0 Å². The molecule has 0 amide bonds. The molecule has 0 spiro atoms. The van der Waals surface area contributed by atoms with Gasteiger partial charge in [0.1, 0.15) is 0 Å². The van der Waals surface area contributed by atoms with Crippen LogP contribution in [0.5, 0.6) is 0 Å². The van der Waals surface area contributed by atoms with Crippen LogP contribution in [0.15, 0.2) is 0 Å². The summed E-state index contributed by atoms with van der Waals surface area (Å²) in [5.74, 6) is 0. The van der Waals surface area contributed by atoms with Crippen molar-refractivity contribution < 1.29 is 0 Å². The van der Waals surface area contributed by atoms with E-state index in [4.69, 9.17) is 0 Å². The second kappa shape index (κ2) is 4.68. The number of rotatable bonds is 3. The van der Waals surface area contributed by atoms with Gasteiger partial charge in [-0.3, -0.25) is 0 Å². The Bertz CT molecular complexity index is 33.2. The van der Waals surface area contributed by atoms with Crippen molar-refractivity contribution in [2.24, 2.45) is 0 Å². The molecule has 0 unspecified atom stereocenters. The first-order valence-electron chi connectivity index (χ1n) is 2.68. The van der Waals surface area contributed by atoms with E-state index in [0.717, 1.165) is 0 Å². The van der Waals surface area contributed by atoms with Crippen LogP contribution in [0, 0.1) is 0 Å². The number of thiol groups is 1. The Labute approximate surface area is 53.0 Å². The molecule has 44 valence electrons. The standard InChI is InChI=1S/C4H13NSSi/c1-3-5(4-2)7-6/h6H,3-4,7H2,1-2H3. The Hall–Kier alpha value is 0.527. The van der Waals surface area contributed by atoms with Crippen molar-refractivity contribution in [1.82, 2.24) is 4.57 Å². The van der Waals surface area contributed by atoms with Crippen molar-refractivity contribution in [3.63, 3.8) is 0 Å². The molecule has 0 aromatic heterocycles. The molecule has 0 aliphatic heterocycles. The van der Waals surface area contributed by atoms with E-state index < -0.39 is 0 Å². The van der Waals surface area contributed by atoms with Crippen LogP contribution in [0.2, 0.25) is 0 Å². The van der Waals surface area contributed by atoms with Crippen molar-refractivity contribution in [2.45, 2.75) is 13.8 Å². The summed E-state index contributed by atoms with van der Waals surface area (Å²) in [7, 11) is -0.144. The quantitative estimate of drug-likeness (QED) is 0.429. The zero-order valence-electron chi connectivity index (χ0n) is 5.02. The van der Waals surface area contributed by atoms with Crippen LogP contribution in [0.3, 0.4) is 0 Å². The van der Waals surface area contributed by atoms with Gasteiger partial charge < -0.3 is 4.57 Å². The summed E-state index contributed by atoms with van der Waals surface area (Å²) >= 11 is 4.24. The van der Waals surface area contributed by atoms with Gasteiger partial charge in [-0.2, -0.15) is 12.1 Å². The topological polar surface area (TPSA) is 3.24 Å². The second-order valence-electron chi connectivity index (χ2n) is 1.44. The van der Waals surface area contributed by atoms with Crippen molar-refractivity contribution in [3.8, 4) is 0 Å². The Balaban J connectivity index is 2.99. The monoisotopic (exact) mass is 135 g/mol. The minimum Gasteiger partial charge on any atom is -0.321 e. The Morgan fingerprint density at radius 2 is 1.86 bits per heavy atom. The fraction of sp³-hybridized carbons (Fsp3) is 1.00. The highest BCUT2D eigenvalue weighted by Crippen LogP contribution is 1.83. The predicted octanol–water partition coefficient (Wildman–Crippen LogP) is 0.257. The van der Waals surface area contributed by atoms with Crippen molar-refractivity contribution >= 4 is 20.9 Å². The van der Waals surface area contributed by atoms with Crippen molar-refractivity contribution in [3.05, 3.63) is 0 Å². The normalized spacial score (nSPS) is 12.0. The van der Waals surface area contributed by atoms with Gasteiger partial charge >= 0.3 is 0 Å². The van der Waals surface area contributed by atoms with Gasteiger partial charge in [0.05, 0.1) is 0 Å². The number of hydrogen-bond acceptors (Lipinski definition) is 2. The maximum atomic E-state index is 4.24. The summed E-state index contributed by atoms with van der Waals surface area (Å²) in [6.07, 6.45) is 0. The van der Waals surface area contributed by atoms with Crippen LogP contribution in [-0.2, 0) is 0 Å². The molecule has 0 aromatic carbocycles. The minimum absolute atomic E-state index is 0.144. The molecule has 0 rings (SSSR count). The smallest absolute Gasteiger partial charge is 0.154 e. The molecule has 3 heteroatoms. The molecule has 7 heavy (non-hydrogen) atoms. The highest BCUT2D eigenvalue weighted by molar-refractivity contribution is 8.06. The van der Waals surface area contributed by atoms with E-state index in [1.807, 2.05) is 0 Å². The van der Waals surface area contributed by atoms with E-state index in [9.17, 15) is 0 Å². The van der Waals surface area contributed by atoms with Gasteiger partial charge in [-0.15, -0.1) is 0 Å². The van der Waals surface area contributed by atoms with E-state index in [1.165, 1.54) is 13.1 Å². The molecular weight excluding hydrogens is 122 g/mol. The Morgan fingerprint density at radius 3 is 1.86 bits per heavy atom. The second-order valence-corrected chi connectivity index (χ2v) is 3.47. The molecule has 0 N–H and O–H groups in total. The van der Waals surface area contributed by atoms with E-state index >= 15 is 0 Å². The number of hydrogen-bond donors (Lipinski definition) is 1. The molecule has 0 aliphatic rings. The van der Waals surface area contributed by atoms with E-state index in [0.29, 0.717) is 0 Å². The largest absolute Gasteiger partial charge is 0.321 e. The van der Waals surface area contributed by atoms with Gasteiger partial charge in [0.25, 0.3) is 0 Å². The zero-order valence-corrected chi connectivity index (χ0v) is 7.32. The summed E-state index contributed by atoms with van der Waals surface area (Å²) in [6, 6.07) is 0. The van der Waals surface area contributed by atoms with Gasteiger partial charge in [0, 0.05) is 0 Å². The van der Waals surface area contributed by atoms with Crippen LogP contribution in [0.4, 0.5) is 0 Å². The lowest BCUT2D eigenvalue weighted by Gasteiger charge is -2.12. The summed E-state index contributed by atoms with van der Waals surface area (Å²) in [5.41, 5.74) is 0. The molecule has 0 saturated heterocycles. The summed E-state index contributed by atoms with van der Waals surface area (Å²) in [6.45, 7) is 6.69. The summed E-state index contributed by atoms with van der Waals surface area (Å²) < 4.78 is 2.38. The highest BCUT2D eigenvalue weighted by Gasteiger charge is 1.90. The first-order chi connectivity index (χ1) is 3.35. The molecule has 0 aromatic rings. The van der Waals surface area contributed by atoms with E-state index in [2.05, 4.69) is 30.5 Å². The third kappa shape index (κ3) is 3.14. The van der Waals surface area contributed by atoms with Crippen molar-refractivity contribution in [1.29, 1.82) is 0 Å². The summed E-state index contributed by atoms with van der Waals surface area (Å²) in [4.78, 5) is 0. The lowest BCUT2D eigenvalue weighted by Crippen LogP contribution is -2.23. The zero-order chi connectivity index (χ0) is 5.70. The van der Waals surface area contributed by atoms with Gasteiger partial charge in [-0.1, -0.05) is 13.8 Å². The van der Waals surface area contributed by atoms with Gasteiger partial charge in [0.15, 0.2) is 8.83 Å². The molecule has 0 atom stereocenters. The first-order valence-corrected chi connectivity index (χ1v) is 5.84. The van der Waals surface area contributed by atoms with Crippen LogP contribution in [-0.4, -0.2) is 26.5 Å². The average molecular weight is 135 g/mol. The van der Waals surface area contributed by atoms with Gasteiger partial charge in [0.2, 0.25) is 0 Å². The van der Waals surface area contributed by atoms with Crippen LogP contribution < -0.4 is 0 Å². The molecule has 0 bridgehead atoms. The third-order valence-corrected chi connectivity index (χ3v) is 3.59.